The lowest BCUT2D eigenvalue weighted by Crippen LogP contribution is -1.94. The molecule has 0 aliphatic rings. The van der Waals surface area contributed by atoms with E-state index in [4.69, 9.17) is 5.26 Å². The highest BCUT2D eigenvalue weighted by atomic mass is 15.2. The van der Waals surface area contributed by atoms with Gasteiger partial charge in [-0.3, -0.25) is 5.32 Å². The van der Waals surface area contributed by atoms with Crippen molar-refractivity contribution in [3.63, 3.8) is 0 Å². The zero-order valence-corrected chi connectivity index (χ0v) is 7.23. The largest absolute Gasteiger partial charge is 0.360 e. The molecule has 0 aliphatic carbocycles. The lowest BCUT2D eigenvalue weighted by atomic mass is 10.3. The number of rotatable bonds is 2. The van der Waals surface area contributed by atoms with E-state index >= 15 is 0 Å². The Hall–Kier alpha value is -2.35. The van der Waals surface area contributed by atoms with Gasteiger partial charge in [0.1, 0.15) is 5.69 Å². The molecule has 2 aromatic heterocycles. The Morgan fingerprint density at radius 3 is 2.79 bits per heavy atom. The number of nitriles is 1. The van der Waals surface area contributed by atoms with Gasteiger partial charge < -0.3 is 4.98 Å². The molecular weight excluding hydrogens is 178 g/mol. The van der Waals surface area contributed by atoms with Gasteiger partial charge in [0.25, 0.3) is 0 Å². The van der Waals surface area contributed by atoms with Crippen molar-refractivity contribution in [3.05, 3.63) is 30.5 Å². The van der Waals surface area contributed by atoms with Crippen LogP contribution >= 0.6 is 0 Å². The van der Waals surface area contributed by atoms with Crippen molar-refractivity contribution in [2.24, 2.45) is 0 Å². The van der Waals surface area contributed by atoms with E-state index in [9.17, 15) is 0 Å². The Kier molecular flexibility index (Phi) is 2.11. The third-order valence-electron chi connectivity index (χ3n) is 1.72. The Labute approximate surface area is 80.4 Å². The molecule has 0 unspecified atom stereocenters. The molecule has 5 heteroatoms. The van der Waals surface area contributed by atoms with E-state index in [-0.39, 0.29) is 0 Å². The molecule has 0 fully saturated rings. The van der Waals surface area contributed by atoms with Gasteiger partial charge in [-0.05, 0) is 24.3 Å². The zero-order valence-electron chi connectivity index (χ0n) is 7.23. The predicted octanol–water partition coefficient (Wildman–Crippen LogP) is 1.36. The molecule has 0 bridgehead atoms. The standard InChI is InChI=1S/C9H7N5/c10-6-12-9-4-3-8(13-14-9)7-2-1-5-11-7/h1-5,11H,(H,12,14). The molecule has 0 saturated carbocycles. The highest BCUT2D eigenvalue weighted by Gasteiger charge is 2.00. The highest BCUT2D eigenvalue weighted by Crippen LogP contribution is 2.13. The first-order chi connectivity index (χ1) is 6.90. The summed E-state index contributed by atoms with van der Waals surface area (Å²) in [5.74, 6) is 0.447. The van der Waals surface area contributed by atoms with Crippen LogP contribution in [-0.2, 0) is 0 Å². The number of hydrogen-bond acceptors (Lipinski definition) is 4. The number of anilines is 1. The third kappa shape index (κ3) is 1.54. The SMILES string of the molecule is N#CNc1ccc(-c2ccc[nH]2)nn1. The van der Waals surface area contributed by atoms with E-state index in [1.165, 1.54) is 0 Å². The van der Waals surface area contributed by atoms with Gasteiger partial charge in [0, 0.05) is 6.20 Å². The number of aromatic nitrogens is 3. The molecule has 0 aromatic carbocycles. The molecule has 2 aromatic rings. The quantitative estimate of drug-likeness (QED) is 0.547. The fraction of sp³-hybridized carbons (Fsp3) is 0. The van der Waals surface area contributed by atoms with Gasteiger partial charge in [-0.25, -0.2) is 0 Å². The van der Waals surface area contributed by atoms with Crippen molar-refractivity contribution in [2.45, 2.75) is 0 Å². The molecule has 2 rings (SSSR count). The lowest BCUT2D eigenvalue weighted by molar-refractivity contribution is 1.04. The molecule has 2 N–H and O–H groups in total. The van der Waals surface area contributed by atoms with Crippen molar-refractivity contribution >= 4 is 5.82 Å². The second kappa shape index (κ2) is 3.58. The number of nitrogens with one attached hydrogen (secondary N) is 2. The predicted molar refractivity (Wildman–Crippen MR) is 51.1 cm³/mol. The molecule has 0 spiro atoms. The Bertz CT molecular complexity index is 437. The molecule has 0 atom stereocenters. The molecule has 2 heterocycles. The average molecular weight is 185 g/mol. The van der Waals surface area contributed by atoms with E-state index in [0.717, 1.165) is 11.4 Å². The van der Waals surface area contributed by atoms with Gasteiger partial charge >= 0.3 is 0 Å². The van der Waals surface area contributed by atoms with Gasteiger partial charge in [0.15, 0.2) is 12.0 Å². The van der Waals surface area contributed by atoms with Crippen LogP contribution in [0.2, 0.25) is 0 Å². The van der Waals surface area contributed by atoms with Crippen molar-refractivity contribution in [3.8, 4) is 17.6 Å². The minimum Gasteiger partial charge on any atom is -0.360 e. The Morgan fingerprint density at radius 1 is 1.29 bits per heavy atom. The molecule has 68 valence electrons. The molecule has 5 nitrogen and oxygen atoms in total. The van der Waals surface area contributed by atoms with Crippen LogP contribution < -0.4 is 5.32 Å². The van der Waals surface area contributed by atoms with E-state index in [1.54, 1.807) is 18.3 Å². The summed E-state index contributed by atoms with van der Waals surface area (Å²) >= 11 is 0. The minimum atomic E-state index is 0.447. The number of nitrogens with zero attached hydrogens (tertiary/aromatic N) is 3. The number of H-pyrrole nitrogens is 1. The Balaban J connectivity index is 2.27. The monoisotopic (exact) mass is 185 g/mol. The first kappa shape index (κ1) is 8.26. The van der Waals surface area contributed by atoms with Crippen LogP contribution in [0.1, 0.15) is 0 Å². The smallest absolute Gasteiger partial charge is 0.182 e. The maximum atomic E-state index is 8.34. The van der Waals surface area contributed by atoms with Crippen molar-refractivity contribution < 1.29 is 0 Å². The topological polar surface area (TPSA) is 77.4 Å². The second-order valence-corrected chi connectivity index (χ2v) is 2.62. The van der Waals surface area contributed by atoms with Crippen molar-refractivity contribution in [2.75, 3.05) is 5.32 Å². The second-order valence-electron chi connectivity index (χ2n) is 2.62. The van der Waals surface area contributed by atoms with Gasteiger partial charge in [-0.2, -0.15) is 5.26 Å². The van der Waals surface area contributed by atoms with Gasteiger partial charge in [-0.1, -0.05) is 0 Å². The van der Waals surface area contributed by atoms with Crippen LogP contribution in [0.25, 0.3) is 11.4 Å². The van der Waals surface area contributed by atoms with Crippen molar-refractivity contribution in [1.29, 1.82) is 5.26 Å². The van der Waals surface area contributed by atoms with E-state index < -0.39 is 0 Å². The summed E-state index contributed by atoms with van der Waals surface area (Å²) in [5, 5.41) is 18.5. The summed E-state index contributed by atoms with van der Waals surface area (Å²) in [6.07, 6.45) is 3.60. The lowest BCUT2D eigenvalue weighted by Gasteiger charge is -1.97. The first-order valence-electron chi connectivity index (χ1n) is 4.03. The molecule has 0 radical (unpaired) electrons. The summed E-state index contributed by atoms with van der Waals surface area (Å²) in [6.45, 7) is 0. The summed E-state index contributed by atoms with van der Waals surface area (Å²) in [5.41, 5.74) is 1.65. The summed E-state index contributed by atoms with van der Waals surface area (Å²) < 4.78 is 0. The maximum absolute atomic E-state index is 8.34. The van der Waals surface area contributed by atoms with Crippen LogP contribution in [-0.4, -0.2) is 15.2 Å². The summed E-state index contributed by atoms with van der Waals surface area (Å²) in [6, 6.07) is 7.28. The summed E-state index contributed by atoms with van der Waals surface area (Å²) in [4.78, 5) is 3.02. The Morgan fingerprint density at radius 2 is 2.21 bits per heavy atom. The molecular formula is C9H7N5. The van der Waals surface area contributed by atoms with E-state index in [1.807, 2.05) is 18.3 Å². The molecule has 0 saturated heterocycles. The normalized spacial score (nSPS) is 9.36. The number of aromatic amines is 1. The minimum absolute atomic E-state index is 0.447. The van der Waals surface area contributed by atoms with Crippen LogP contribution in [0.15, 0.2) is 30.5 Å². The molecule has 14 heavy (non-hydrogen) atoms. The van der Waals surface area contributed by atoms with Crippen LogP contribution in [0.3, 0.4) is 0 Å². The van der Waals surface area contributed by atoms with Gasteiger partial charge in [-0.15, -0.1) is 10.2 Å². The molecule has 0 aliphatic heterocycles. The van der Waals surface area contributed by atoms with Crippen LogP contribution in [0.5, 0.6) is 0 Å². The van der Waals surface area contributed by atoms with Crippen LogP contribution in [0, 0.1) is 11.5 Å². The molecule has 0 amide bonds. The first-order valence-corrected chi connectivity index (χ1v) is 4.03. The van der Waals surface area contributed by atoms with Crippen molar-refractivity contribution in [1.82, 2.24) is 15.2 Å². The van der Waals surface area contributed by atoms with E-state index in [2.05, 4.69) is 20.5 Å². The zero-order chi connectivity index (χ0) is 9.80. The van der Waals surface area contributed by atoms with Gasteiger partial charge in [0.05, 0.1) is 5.69 Å². The van der Waals surface area contributed by atoms with Crippen LogP contribution in [0.4, 0.5) is 5.82 Å². The van der Waals surface area contributed by atoms with Gasteiger partial charge in [0.2, 0.25) is 0 Å². The fourth-order valence-electron chi connectivity index (χ4n) is 1.09. The highest BCUT2D eigenvalue weighted by molar-refractivity contribution is 5.55. The fourth-order valence-corrected chi connectivity index (χ4v) is 1.09. The van der Waals surface area contributed by atoms with E-state index in [0.29, 0.717) is 5.82 Å². The third-order valence-corrected chi connectivity index (χ3v) is 1.72. The summed E-state index contributed by atoms with van der Waals surface area (Å²) in [7, 11) is 0. The average Bonchev–Trinajstić information content (AvgIpc) is 2.72. The number of hydrogen-bond donors (Lipinski definition) is 2. The maximum Gasteiger partial charge on any atom is 0.182 e.